The topological polar surface area (TPSA) is 58.4 Å². The van der Waals surface area contributed by atoms with E-state index in [2.05, 4.69) is 17.2 Å². The Morgan fingerprint density at radius 3 is 2.65 bits per heavy atom. The molecule has 0 saturated heterocycles. The van der Waals surface area contributed by atoms with E-state index in [9.17, 15) is 0 Å². The summed E-state index contributed by atoms with van der Waals surface area (Å²) in [4.78, 5) is 0. The van der Waals surface area contributed by atoms with E-state index >= 15 is 0 Å². The molecule has 0 N–H and O–H groups in total. The van der Waals surface area contributed by atoms with Gasteiger partial charge in [0, 0.05) is 11.6 Å². The third kappa shape index (κ3) is 1.92. The van der Waals surface area contributed by atoms with Gasteiger partial charge in [0.1, 0.15) is 0 Å². The summed E-state index contributed by atoms with van der Waals surface area (Å²) in [6.45, 7) is 3.09. The first-order valence-corrected chi connectivity index (χ1v) is 6.55. The van der Waals surface area contributed by atoms with Crippen molar-refractivity contribution in [1.29, 1.82) is 0 Å². The molecule has 0 unspecified atom stereocenters. The summed E-state index contributed by atoms with van der Waals surface area (Å²) in [6.07, 6.45) is 0.835. The summed E-state index contributed by atoms with van der Waals surface area (Å²) in [6, 6.07) is 3.84. The molecule has 0 atom stereocenters. The summed E-state index contributed by atoms with van der Waals surface area (Å²) in [5.74, 6) is 1.36. The highest BCUT2D eigenvalue weighted by Crippen LogP contribution is 2.34. The predicted octanol–water partition coefficient (Wildman–Crippen LogP) is 1.88. The van der Waals surface area contributed by atoms with Gasteiger partial charge in [-0.05, 0) is 12.5 Å². The fourth-order valence-electron chi connectivity index (χ4n) is 2.43. The normalized spacial score (nSPS) is 13.3. The van der Waals surface area contributed by atoms with E-state index < -0.39 is 0 Å². The lowest BCUT2D eigenvalue weighted by Gasteiger charge is -2.13. The van der Waals surface area contributed by atoms with Gasteiger partial charge in [-0.3, -0.25) is 0 Å². The van der Waals surface area contributed by atoms with Crippen molar-refractivity contribution in [3.63, 3.8) is 0 Å². The van der Waals surface area contributed by atoms with E-state index in [4.69, 9.17) is 14.2 Å². The van der Waals surface area contributed by atoms with Crippen LogP contribution in [-0.4, -0.2) is 29.2 Å². The van der Waals surface area contributed by atoms with Crippen LogP contribution in [0.15, 0.2) is 12.1 Å². The van der Waals surface area contributed by atoms with Crippen molar-refractivity contribution in [2.24, 2.45) is 0 Å². The Morgan fingerprint density at radius 2 is 1.95 bits per heavy atom. The van der Waals surface area contributed by atoms with Crippen LogP contribution >= 0.6 is 0 Å². The molecule has 2 heterocycles. The Kier molecular flexibility index (Phi) is 3.31. The zero-order valence-corrected chi connectivity index (χ0v) is 11.8. The fraction of sp³-hybridized carbons (Fsp3) is 0.429. The maximum atomic E-state index is 5.72. The number of aryl methyl sites for hydroxylation is 1. The molecule has 1 aromatic heterocycles. The molecule has 0 aliphatic carbocycles. The van der Waals surface area contributed by atoms with Crippen molar-refractivity contribution >= 4 is 0 Å². The molecule has 6 heteroatoms. The minimum Gasteiger partial charge on any atom is -0.493 e. The monoisotopic (exact) mass is 275 g/mol. The first-order chi connectivity index (χ1) is 9.78. The third-order valence-corrected chi connectivity index (χ3v) is 3.49. The zero-order valence-electron chi connectivity index (χ0n) is 11.8. The van der Waals surface area contributed by atoms with Crippen LogP contribution in [-0.2, 0) is 24.4 Å². The average molecular weight is 275 g/mol. The standard InChI is InChI=1S/C14H17N3O3/c1-4-10-12-8-20-7-9-5-13(18-2)14(19-3)6-11(9)17(12)16-15-10/h5-6H,4,7-8H2,1-3H3. The van der Waals surface area contributed by atoms with Crippen LogP contribution in [0.5, 0.6) is 11.5 Å². The van der Waals surface area contributed by atoms with Gasteiger partial charge in [0.25, 0.3) is 0 Å². The second-order valence-electron chi connectivity index (χ2n) is 4.58. The van der Waals surface area contributed by atoms with Crippen LogP contribution < -0.4 is 9.47 Å². The van der Waals surface area contributed by atoms with Crippen molar-refractivity contribution in [3.05, 3.63) is 29.1 Å². The van der Waals surface area contributed by atoms with Crippen molar-refractivity contribution in [1.82, 2.24) is 15.0 Å². The van der Waals surface area contributed by atoms with Crippen LogP contribution in [0.2, 0.25) is 0 Å². The lowest BCUT2D eigenvalue weighted by Crippen LogP contribution is -2.04. The number of methoxy groups -OCH3 is 2. The third-order valence-electron chi connectivity index (χ3n) is 3.49. The van der Waals surface area contributed by atoms with Gasteiger partial charge in [-0.2, -0.15) is 0 Å². The number of nitrogens with zero attached hydrogens (tertiary/aromatic N) is 3. The Labute approximate surface area is 117 Å². The highest BCUT2D eigenvalue weighted by Gasteiger charge is 2.21. The van der Waals surface area contributed by atoms with E-state index in [1.807, 2.05) is 16.8 Å². The second kappa shape index (κ2) is 5.13. The quantitative estimate of drug-likeness (QED) is 0.856. The molecule has 6 nitrogen and oxygen atoms in total. The summed E-state index contributed by atoms with van der Waals surface area (Å²) in [5.41, 5.74) is 3.91. The summed E-state index contributed by atoms with van der Waals surface area (Å²) >= 11 is 0. The number of hydrogen-bond acceptors (Lipinski definition) is 5. The maximum absolute atomic E-state index is 5.72. The van der Waals surface area contributed by atoms with Crippen LogP contribution in [0, 0.1) is 0 Å². The van der Waals surface area contributed by atoms with E-state index in [0.29, 0.717) is 24.7 Å². The first kappa shape index (κ1) is 12.9. The molecular weight excluding hydrogens is 258 g/mol. The van der Waals surface area contributed by atoms with Crippen molar-refractivity contribution in [3.8, 4) is 17.2 Å². The van der Waals surface area contributed by atoms with Crippen molar-refractivity contribution in [2.75, 3.05) is 14.2 Å². The minimum absolute atomic E-state index is 0.509. The average Bonchev–Trinajstić information content (AvgIpc) is 2.81. The molecule has 106 valence electrons. The highest BCUT2D eigenvalue weighted by atomic mass is 16.5. The van der Waals surface area contributed by atoms with Gasteiger partial charge >= 0.3 is 0 Å². The molecule has 0 saturated carbocycles. The molecule has 1 aromatic carbocycles. The molecule has 0 radical (unpaired) electrons. The van der Waals surface area contributed by atoms with Crippen LogP contribution in [0.3, 0.4) is 0 Å². The highest BCUT2D eigenvalue weighted by molar-refractivity contribution is 5.54. The van der Waals surface area contributed by atoms with Gasteiger partial charge in [-0.25, -0.2) is 4.68 Å². The number of benzene rings is 1. The first-order valence-electron chi connectivity index (χ1n) is 6.55. The second-order valence-corrected chi connectivity index (χ2v) is 4.58. The van der Waals surface area contributed by atoms with Gasteiger partial charge in [-0.15, -0.1) is 5.10 Å². The van der Waals surface area contributed by atoms with Gasteiger partial charge < -0.3 is 14.2 Å². The fourth-order valence-corrected chi connectivity index (χ4v) is 2.43. The number of aromatic nitrogens is 3. The zero-order chi connectivity index (χ0) is 14.1. The van der Waals surface area contributed by atoms with E-state index in [0.717, 1.165) is 29.1 Å². The SMILES string of the molecule is CCc1nnn2c1COCc1cc(OC)c(OC)cc1-2. The molecule has 1 aliphatic rings. The number of ether oxygens (including phenoxy) is 3. The molecule has 0 fully saturated rings. The number of hydrogen-bond donors (Lipinski definition) is 0. The van der Waals surface area contributed by atoms with Crippen LogP contribution in [0.1, 0.15) is 23.9 Å². The maximum Gasteiger partial charge on any atom is 0.162 e. The molecule has 20 heavy (non-hydrogen) atoms. The van der Waals surface area contributed by atoms with Crippen molar-refractivity contribution in [2.45, 2.75) is 26.6 Å². The minimum atomic E-state index is 0.509. The predicted molar refractivity (Wildman–Crippen MR) is 72.3 cm³/mol. The largest absolute Gasteiger partial charge is 0.493 e. The van der Waals surface area contributed by atoms with Crippen LogP contribution in [0.25, 0.3) is 5.69 Å². The molecule has 0 amide bonds. The van der Waals surface area contributed by atoms with E-state index in [-0.39, 0.29) is 0 Å². The molecular formula is C14H17N3O3. The Morgan fingerprint density at radius 1 is 1.20 bits per heavy atom. The number of rotatable bonds is 3. The molecule has 3 rings (SSSR count). The Hall–Kier alpha value is -2.08. The smallest absolute Gasteiger partial charge is 0.162 e. The van der Waals surface area contributed by atoms with Gasteiger partial charge in [0.2, 0.25) is 0 Å². The Bertz CT molecular complexity index is 637. The Balaban J connectivity index is 2.20. The van der Waals surface area contributed by atoms with E-state index in [1.54, 1.807) is 14.2 Å². The van der Waals surface area contributed by atoms with Gasteiger partial charge in [0.05, 0.1) is 44.5 Å². The lowest BCUT2D eigenvalue weighted by atomic mass is 10.1. The van der Waals surface area contributed by atoms with Crippen LogP contribution in [0.4, 0.5) is 0 Å². The summed E-state index contributed by atoms with van der Waals surface area (Å²) in [7, 11) is 3.25. The lowest BCUT2D eigenvalue weighted by molar-refractivity contribution is 0.107. The van der Waals surface area contributed by atoms with Gasteiger partial charge in [-0.1, -0.05) is 12.1 Å². The number of fused-ring (bicyclic) bond motifs is 3. The molecule has 2 aromatic rings. The van der Waals surface area contributed by atoms with E-state index in [1.165, 1.54) is 0 Å². The van der Waals surface area contributed by atoms with Gasteiger partial charge in [0.15, 0.2) is 11.5 Å². The molecule has 0 bridgehead atoms. The summed E-state index contributed by atoms with van der Waals surface area (Å²) in [5, 5.41) is 8.47. The summed E-state index contributed by atoms with van der Waals surface area (Å²) < 4.78 is 18.3. The van der Waals surface area contributed by atoms with Crippen molar-refractivity contribution < 1.29 is 14.2 Å². The molecule has 0 spiro atoms. The molecule has 1 aliphatic heterocycles.